The number of aliphatic imine (C=N–C) groups is 1. The number of aryl methyl sites for hydroxylation is 1. The van der Waals surface area contributed by atoms with Crippen molar-refractivity contribution in [2.75, 3.05) is 44.7 Å². The summed E-state index contributed by atoms with van der Waals surface area (Å²) in [5.41, 5.74) is 1.55. The van der Waals surface area contributed by atoms with Crippen LogP contribution in [-0.4, -0.2) is 65.2 Å². The Balaban J connectivity index is 0.00000256. The van der Waals surface area contributed by atoms with Gasteiger partial charge in [0.1, 0.15) is 11.6 Å². The Labute approximate surface area is 193 Å². The number of fused-ring (bicyclic) bond motifs is 1. The zero-order valence-electron chi connectivity index (χ0n) is 17.0. The number of para-hydroxylation sites is 1. The second-order valence-electron chi connectivity index (χ2n) is 7.05. The van der Waals surface area contributed by atoms with Crippen LogP contribution in [0.15, 0.2) is 53.7 Å². The zero-order chi connectivity index (χ0) is 20.1. The molecule has 3 heterocycles. The average Bonchev–Trinajstić information content (AvgIpc) is 3.18. The minimum absolute atomic E-state index is 0. The molecule has 30 heavy (non-hydrogen) atoms. The molecule has 7 nitrogen and oxygen atoms in total. The lowest BCUT2D eigenvalue weighted by molar-refractivity contribution is 0.370. The van der Waals surface area contributed by atoms with Crippen LogP contribution in [0.4, 0.5) is 10.1 Å². The molecule has 1 aliphatic heterocycles. The monoisotopic (exact) mass is 523 g/mol. The Morgan fingerprint density at radius 2 is 1.83 bits per heavy atom. The maximum Gasteiger partial charge on any atom is 0.193 e. The molecule has 0 atom stereocenters. The predicted molar refractivity (Wildman–Crippen MR) is 128 cm³/mol. The van der Waals surface area contributed by atoms with Crippen LogP contribution < -0.4 is 10.2 Å². The van der Waals surface area contributed by atoms with Crippen molar-refractivity contribution in [3.63, 3.8) is 0 Å². The fraction of sp³-hybridized carbons (Fsp3) is 0.381. The molecule has 160 valence electrons. The van der Waals surface area contributed by atoms with Crippen LogP contribution in [0.2, 0.25) is 0 Å². The molecule has 1 aromatic carbocycles. The molecule has 3 aromatic rings. The highest BCUT2D eigenvalue weighted by Gasteiger charge is 2.21. The third-order valence-electron chi connectivity index (χ3n) is 5.23. The van der Waals surface area contributed by atoms with Gasteiger partial charge < -0.3 is 15.1 Å². The summed E-state index contributed by atoms with van der Waals surface area (Å²) in [6.07, 6.45) is 3.77. The molecule has 0 amide bonds. The normalized spacial score (nSPS) is 14.7. The van der Waals surface area contributed by atoms with E-state index >= 15 is 0 Å². The summed E-state index contributed by atoms with van der Waals surface area (Å²) in [6.45, 7) is 3.97. The Morgan fingerprint density at radius 1 is 1.07 bits per heavy atom. The first-order valence-corrected chi connectivity index (χ1v) is 10.00. The summed E-state index contributed by atoms with van der Waals surface area (Å²) in [6, 6.07) is 12.9. The van der Waals surface area contributed by atoms with Crippen molar-refractivity contribution < 1.29 is 4.39 Å². The molecule has 0 unspecified atom stereocenters. The fourth-order valence-electron chi connectivity index (χ4n) is 3.71. The highest BCUT2D eigenvalue weighted by Crippen LogP contribution is 2.20. The zero-order valence-corrected chi connectivity index (χ0v) is 19.4. The third kappa shape index (κ3) is 5.00. The van der Waals surface area contributed by atoms with Gasteiger partial charge in [-0.15, -0.1) is 34.2 Å². The largest absolute Gasteiger partial charge is 0.366 e. The van der Waals surface area contributed by atoms with Crippen molar-refractivity contribution >= 4 is 41.3 Å². The Hall–Kier alpha value is -2.43. The molecule has 1 saturated heterocycles. The SMILES string of the molecule is CN=C(NCCCc1nnc2ccccn12)N1CCN(c2ccccc2F)CC1.I. The standard InChI is InChI=1S/C21H26FN7.HI/c1-23-21(24-11-6-10-20-26-25-19-9-4-5-12-29(19)20)28-15-13-27(14-16-28)18-8-3-2-7-17(18)22;/h2-5,7-9,12H,6,10-11,13-16H2,1H3,(H,23,24);1H. The van der Waals surface area contributed by atoms with Gasteiger partial charge in [-0.3, -0.25) is 9.39 Å². The van der Waals surface area contributed by atoms with Crippen molar-refractivity contribution in [3.05, 3.63) is 60.3 Å². The molecule has 0 spiro atoms. The van der Waals surface area contributed by atoms with Crippen molar-refractivity contribution in [1.29, 1.82) is 0 Å². The van der Waals surface area contributed by atoms with Gasteiger partial charge in [0, 0.05) is 52.4 Å². The first kappa shape index (κ1) is 22.3. The topological polar surface area (TPSA) is 61.1 Å². The summed E-state index contributed by atoms with van der Waals surface area (Å²) in [4.78, 5) is 8.74. The smallest absolute Gasteiger partial charge is 0.193 e. The van der Waals surface area contributed by atoms with E-state index in [2.05, 4.69) is 30.3 Å². The van der Waals surface area contributed by atoms with Gasteiger partial charge in [-0.25, -0.2) is 4.39 Å². The number of hydrogen-bond donors (Lipinski definition) is 1. The molecule has 9 heteroatoms. The molecule has 4 rings (SSSR count). The first-order valence-electron chi connectivity index (χ1n) is 10.00. The highest BCUT2D eigenvalue weighted by molar-refractivity contribution is 14.0. The molecule has 0 bridgehead atoms. The van der Waals surface area contributed by atoms with Gasteiger partial charge in [0.05, 0.1) is 5.69 Å². The molecule has 1 aliphatic rings. The van der Waals surface area contributed by atoms with E-state index in [0.717, 1.165) is 63.0 Å². The van der Waals surface area contributed by atoms with Crippen molar-refractivity contribution in [1.82, 2.24) is 24.8 Å². The quantitative estimate of drug-likeness (QED) is 0.241. The van der Waals surface area contributed by atoms with Gasteiger partial charge in [0.15, 0.2) is 11.6 Å². The van der Waals surface area contributed by atoms with Gasteiger partial charge in [-0.2, -0.15) is 0 Å². The fourth-order valence-corrected chi connectivity index (χ4v) is 3.71. The van der Waals surface area contributed by atoms with E-state index in [9.17, 15) is 4.39 Å². The lowest BCUT2D eigenvalue weighted by Gasteiger charge is -2.37. The molecule has 1 N–H and O–H groups in total. The Morgan fingerprint density at radius 3 is 2.60 bits per heavy atom. The molecular formula is C21H27FIN7. The molecule has 0 saturated carbocycles. The number of aromatic nitrogens is 3. The van der Waals surface area contributed by atoms with E-state index in [1.807, 2.05) is 40.9 Å². The Kier molecular flexibility index (Phi) is 7.83. The van der Waals surface area contributed by atoms with Crippen LogP contribution in [0.3, 0.4) is 0 Å². The van der Waals surface area contributed by atoms with E-state index in [0.29, 0.717) is 5.69 Å². The lowest BCUT2D eigenvalue weighted by atomic mass is 10.2. The van der Waals surface area contributed by atoms with E-state index in [1.54, 1.807) is 13.1 Å². The summed E-state index contributed by atoms with van der Waals surface area (Å²) in [5.74, 6) is 1.70. The van der Waals surface area contributed by atoms with Gasteiger partial charge in [0.2, 0.25) is 0 Å². The van der Waals surface area contributed by atoms with Gasteiger partial charge in [0.25, 0.3) is 0 Å². The minimum Gasteiger partial charge on any atom is -0.366 e. The molecular weight excluding hydrogens is 496 g/mol. The maximum absolute atomic E-state index is 14.0. The summed E-state index contributed by atoms with van der Waals surface area (Å²) in [7, 11) is 1.80. The second-order valence-corrected chi connectivity index (χ2v) is 7.05. The minimum atomic E-state index is -0.163. The number of nitrogens with zero attached hydrogens (tertiary/aromatic N) is 6. The van der Waals surface area contributed by atoms with Gasteiger partial charge in [-0.05, 0) is 30.7 Å². The van der Waals surface area contributed by atoms with Crippen LogP contribution in [0.25, 0.3) is 5.65 Å². The Bertz CT molecular complexity index is 982. The molecule has 0 aliphatic carbocycles. The number of benzene rings is 1. The third-order valence-corrected chi connectivity index (χ3v) is 5.23. The van der Waals surface area contributed by atoms with Crippen molar-refractivity contribution in [2.45, 2.75) is 12.8 Å². The summed E-state index contributed by atoms with van der Waals surface area (Å²) < 4.78 is 16.0. The molecule has 2 aromatic heterocycles. The summed E-state index contributed by atoms with van der Waals surface area (Å²) in [5, 5.41) is 11.9. The van der Waals surface area contributed by atoms with E-state index in [-0.39, 0.29) is 29.8 Å². The highest BCUT2D eigenvalue weighted by atomic mass is 127. The van der Waals surface area contributed by atoms with Crippen molar-refractivity contribution in [2.24, 2.45) is 4.99 Å². The number of piperazine rings is 1. The maximum atomic E-state index is 14.0. The second kappa shape index (κ2) is 10.6. The number of nitrogens with one attached hydrogen (secondary N) is 1. The summed E-state index contributed by atoms with van der Waals surface area (Å²) >= 11 is 0. The van der Waals surface area contributed by atoms with Crippen LogP contribution in [0.5, 0.6) is 0 Å². The first-order chi connectivity index (χ1) is 14.3. The number of rotatable bonds is 5. The number of pyridine rings is 1. The predicted octanol–water partition coefficient (Wildman–Crippen LogP) is 2.82. The van der Waals surface area contributed by atoms with Gasteiger partial charge in [-0.1, -0.05) is 18.2 Å². The number of anilines is 1. The lowest BCUT2D eigenvalue weighted by Crippen LogP contribution is -2.52. The van der Waals surface area contributed by atoms with Crippen molar-refractivity contribution in [3.8, 4) is 0 Å². The molecule has 1 fully saturated rings. The van der Waals surface area contributed by atoms with Crippen LogP contribution in [0, 0.1) is 5.82 Å². The number of hydrogen-bond acceptors (Lipinski definition) is 4. The van der Waals surface area contributed by atoms with E-state index in [1.165, 1.54) is 6.07 Å². The number of halogens is 2. The van der Waals surface area contributed by atoms with E-state index < -0.39 is 0 Å². The number of guanidine groups is 1. The van der Waals surface area contributed by atoms with Crippen LogP contribution >= 0.6 is 24.0 Å². The van der Waals surface area contributed by atoms with Crippen LogP contribution in [-0.2, 0) is 6.42 Å². The average molecular weight is 523 g/mol. The van der Waals surface area contributed by atoms with Gasteiger partial charge >= 0.3 is 0 Å². The molecule has 0 radical (unpaired) electrons. The van der Waals surface area contributed by atoms with E-state index in [4.69, 9.17) is 0 Å². The van der Waals surface area contributed by atoms with Crippen LogP contribution in [0.1, 0.15) is 12.2 Å².